The van der Waals surface area contributed by atoms with E-state index in [2.05, 4.69) is 15.1 Å². The predicted molar refractivity (Wildman–Crippen MR) is 90.7 cm³/mol. The SMILES string of the molecule is CCOC(=O)c1cnn(C)c1NS(=O)(=O)c1ccc(NC(C)=O)cc1. The fourth-order valence-electron chi connectivity index (χ4n) is 2.02. The van der Waals surface area contributed by atoms with Crippen molar-refractivity contribution in [1.82, 2.24) is 9.78 Å². The predicted octanol–water partition coefficient (Wildman–Crippen LogP) is 1.36. The highest BCUT2D eigenvalue weighted by Crippen LogP contribution is 2.21. The standard InChI is InChI=1S/C15H18N4O5S/c1-4-24-15(21)13-9-16-19(3)14(13)18-25(22,23)12-7-5-11(6-8-12)17-10(2)20/h5-9,18H,4H2,1-3H3,(H,17,20). The Kier molecular flexibility index (Phi) is 5.42. The number of hydrogen-bond donors (Lipinski definition) is 2. The lowest BCUT2D eigenvalue weighted by atomic mass is 10.3. The highest BCUT2D eigenvalue weighted by atomic mass is 32.2. The van der Waals surface area contributed by atoms with Crippen LogP contribution in [-0.2, 0) is 26.6 Å². The van der Waals surface area contributed by atoms with Gasteiger partial charge in [-0.25, -0.2) is 13.2 Å². The summed E-state index contributed by atoms with van der Waals surface area (Å²) in [5, 5.41) is 6.43. The highest BCUT2D eigenvalue weighted by Gasteiger charge is 2.23. The molecule has 25 heavy (non-hydrogen) atoms. The maximum atomic E-state index is 12.5. The lowest BCUT2D eigenvalue weighted by Gasteiger charge is -2.11. The Morgan fingerprint density at radius 1 is 1.24 bits per heavy atom. The summed E-state index contributed by atoms with van der Waals surface area (Å²) in [6.45, 7) is 3.16. The molecule has 10 heteroatoms. The van der Waals surface area contributed by atoms with Crippen LogP contribution in [0.25, 0.3) is 0 Å². The van der Waals surface area contributed by atoms with Crippen molar-refractivity contribution in [2.24, 2.45) is 7.05 Å². The molecular weight excluding hydrogens is 348 g/mol. The second kappa shape index (κ2) is 7.34. The van der Waals surface area contributed by atoms with E-state index in [-0.39, 0.29) is 28.8 Å². The van der Waals surface area contributed by atoms with Gasteiger partial charge in [-0.1, -0.05) is 0 Å². The Morgan fingerprint density at radius 3 is 2.44 bits per heavy atom. The minimum atomic E-state index is -3.95. The molecular formula is C15H18N4O5S. The van der Waals surface area contributed by atoms with Crippen LogP contribution in [0.5, 0.6) is 0 Å². The lowest BCUT2D eigenvalue weighted by Crippen LogP contribution is -2.18. The summed E-state index contributed by atoms with van der Waals surface area (Å²) in [7, 11) is -2.45. The van der Waals surface area contributed by atoms with Crippen LogP contribution in [0, 0.1) is 0 Å². The van der Waals surface area contributed by atoms with E-state index in [1.54, 1.807) is 6.92 Å². The largest absolute Gasteiger partial charge is 0.462 e. The molecule has 2 N–H and O–H groups in total. The molecule has 9 nitrogen and oxygen atoms in total. The van der Waals surface area contributed by atoms with E-state index in [1.807, 2.05) is 0 Å². The topological polar surface area (TPSA) is 119 Å². The van der Waals surface area contributed by atoms with Crippen LogP contribution in [0.2, 0.25) is 0 Å². The number of esters is 1. The van der Waals surface area contributed by atoms with E-state index in [1.165, 1.54) is 49.1 Å². The van der Waals surface area contributed by atoms with Crippen LogP contribution in [0.15, 0.2) is 35.4 Å². The third-order valence-corrected chi connectivity index (χ3v) is 4.50. The van der Waals surface area contributed by atoms with Gasteiger partial charge in [0.05, 0.1) is 17.7 Å². The molecule has 2 aromatic rings. The molecule has 0 atom stereocenters. The van der Waals surface area contributed by atoms with Gasteiger partial charge in [-0.2, -0.15) is 5.10 Å². The van der Waals surface area contributed by atoms with Gasteiger partial charge in [0.25, 0.3) is 10.0 Å². The van der Waals surface area contributed by atoms with Crippen LogP contribution >= 0.6 is 0 Å². The fraction of sp³-hybridized carbons (Fsp3) is 0.267. The molecule has 0 radical (unpaired) electrons. The maximum absolute atomic E-state index is 12.5. The molecule has 1 aromatic carbocycles. The van der Waals surface area contributed by atoms with Gasteiger partial charge in [-0.3, -0.25) is 14.2 Å². The normalized spacial score (nSPS) is 11.0. The summed E-state index contributed by atoms with van der Waals surface area (Å²) in [6, 6.07) is 5.61. The van der Waals surface area contributed by atoms with Gasteiger partial charge in [0.15, 0.2) is 5.82 Å². The van der Waals surface area contributed by atoms with E-state index < -0.39 is 16.0 Å². The van der Waals surface area contributed by atoms with Crippen molar-refractivity contribution < 1.29 is 22.7 Å². The van der Waals surface area contributed by atoms with Crippen molar-refractivity contribution in [3.8, 4) is 0 Å². The monoisotopic (exact) mass is 366 g/mol. The Hall–Kier alpha value is -2.88. The van der Waals surface area contributed by atoms with Gasteiger partial charge < -0.3 is 10.1 Å². The third kappa shape index (κ3) is 4.35. The number of aromatic nitrogens is 2. The molecule has 0 aliphatic carbocycles. The first-order chi connectivity index (χ1) is 11.7. The molecule has 0 spiro atoms. The number of carbonyl (C=O) groups is 2. The summed E-state index contributed by atoms with van der Waals surface area (Å²) < 4.78 is 33.5. The van der Waals surface area contributed by atoms with Crippen molar-refractivity contribution in [2.75, 3.05) is 16.6 Å². The fourth-order valence-corrected chi connectivity index (χ4v) is 3.13. The van der Waals surface area contributed by atoms with Crippen molar-refractivity contribution in [3.63, 3.8) is 0 Å². The number of aryl methyl sites for hydroxylation is 1. The summed E-state index contributed by atoms with van der Waals surface area (Å²) in [6.07, 6.45) is 1.23. The Balaban J connectivity index is 2.29. The highest BCUT2D eigenvalue weighted by molar-refractivity contribution is 7.92. The Bertz CT molecular complexity index is 887. The minimum absolute atomic E-state index is 0.00406. The smallest absolute Gasteiger partial charge is 0.343 e. The molecule has 0 saturated heterocycles. The quantitative estimate of drug-likeness (QED) is 0.745. The van der Waals surface area contributed by atoms with Crippen LogP contribution in [-0.4, -0.2) is 36.7 Å². The molecule has 1 amide bonds. The van der Waals surface area contributed by atoms with Gasteiger partial charge in [0.1, 0.15) is 5.56 Å². The zero-order valence-electron chi connectivity index (χ0n) is 13.9. The van der Waals surface area contributed by atoms with E-state index in [0.717, 1.165) is 0 Å². The van der Waals surface area contributed by atoms with Crippen LogP contribution in [0.1, 0.15) is 24.2 Å². The maximum Gasteiger partial charge on any atom is 0.343 e. The van der Waals surface area contributed by atoms with E-state index in [9.17, 15) is 18.0 Å². The van der Waals surface area contributed by atoms with Gasteiger partial charge in [-0.05, 0) is 31.2 Å². The number of nitrogens with zero attached hydrogens (tertiary/aromatic N) is 2. The number of anilines is 2. The van der Waals surface area contributed by atoms with Crippen LogP contribution in [0.3, 0.4) is 0 Å². The first kappa shape index (κ1) is 18.5. The van der Waals surface area contributed by atoms with Crippen molar-refractivity contribution in [2.45, 2.75) is 18.7 Å². The molecule has 0 aliphatic heterocycles. The summed E-state index contributed by atoms with van der Waals surface area (Å²) in [5.41, 5.74) is 0.488. The first-order valence-corrected chi connectivity index (χ1v) is 8.82. The van der Waals surface area contributed by atoms with E-state index >= 15 is 0 Å². The van der Waals surface area contributed by atoms with Crippen molar-refractivity contribution in [3.05, 3.63) is 36.0 Å². The molecule has 0 bridgehead atoms. The van der Waals surface area contributed by atoms with Gasteiger partial charge in [-0.15, -0.1) is 0 Å². The molecule has 1 aromatic heterocycles. The average Bonchev–Trinajstić information content (AvgIpc) is 2.88. The Morgan fingerprint density at radius 2 is 1.88 bits per heavy atom. The number of hydrogen-bond acceptors (Lipinski definition) is 6. The molecule has 0 aliphatic rings. The van der Waals surface area contributed by atoms with Crippen LogP contribution < -0.4 is 10.0 Å². The lowest BCUT2D eigenvalue weighted by molar-refractivity contribution is -0.114. The number of amides is 1. The van der Waals surface area contributed by atoms with E-state index in [4.69, 9.17) is 4.74 Å². The number of sulfonamides is 1. The molecule has 0 unspecified atom stereocenters. The second-order valence-corrected chi connectivity index (χ2v) is 6.74. The van der Waals surface area contributed by atoms with Gasteiger partial charge >= 0.3 is 5.97 Å². The molecule has 0 fully saturated rings. The van der Waals surface area contributed by atoms with Gasteiger partial charge in [0.2, 0.25) is 5.91 Å². The average molecular weight is 366 g/mol. The molecule has 1 heterocycles. The molecule has 2 rings (SSSR count). The first-order valence-electron chi connectivity index (χ1n) is 7.34. The second-order valence-electron chi connectivity index (χ2n) is 5.06. The molecule has 0 saturated carbocycles. The summed E-state index contributed by atoms with van der Waals surface area (Å²) >= 11 is 0. The number of ether oxygens (including phenoxy) is 1. The third-order valence-electron chi connectivity index (χ3n) is 3.15. The van der Waals surface area contributed by atoms with Crippen molar-refractivity contribution >= 4 is 33.4 Å². The molecule has 134 valence electrons. The number of nitrogens with one attached hydrogen (secondary N) is 2. The number of rotatable bonds is 6. The minimum Gasteiger partial charge on any atom is -0.462 e. The zero-order chi connectivity index (χ0) is 18.6. The van der Waals surface area contributed by atoms with Crippen LogP contribution in [0.4, 0.5) is 11.5 Å². The van der Waals surface area contributed by atoms with Gasteiger partial charge in [0, 0.05) is 19.7 Å². The van der Waals surface area contributed by atoms with Crippen molar-refractivity contribution in [1.29, 1.82) is 0 Å². The van der Waals surface area contributed by atoms with E-state index in [0.29, 0.717) is 5.69 Å². The zero-order valence-corrected chi connectivity index (χ0v) is 14.8. The number of carbonyl (C=O) groups excluding carboxylic acids is 2. The number of benzene rings is 1. The summed E-state index contributed by atoms with van der Waals surface area (Å²) in [4.78, 5) is 22.9. The summed E-state index contributed by atoms with van der Waals surface area (Å²) in [5.74, 6) is -0.929. The Labute approximate surface area is 145 Å².